The van der Waals surface area contributed by atoms with E-state index in [9.17, 15) is 30.8 Å². The standard InChI is InChI=1S/C25H25FN4O6S2/c1-37(33,34)28-17-7-8-18-19(11-17)38(35,36)29-24(27-18)21-23(31)20-14-5-6-15(10-14)22(20)30(25(21)32)12-13-3-2-4-16(26)9-13/h2-4,7-9,11,14-15,20-22,28H,5-6,10,12H2,1H3,(H,27,29). The molecule has 2 heterocycles. The maximum Gasteiger partial charge on any atom is 0.286 e. The zero-order valence-corrected chi connectivity index (χ0v) is 21.9. The molecule has 6 rings (SSSR count). The van der Waals surface area contributed by atoms with Gasteiger partial charge in [0.1, 0.15) is 16.5 Å². The molecule has 38 heavy (non-hydrogen) atoms. The third-order valence-corrected chi connectivity index (χ3v) is 9.87. The van der Waals surface area contributed by atoms with Crippen LogP contribution in [0.2, 0.25) is 0 Å². The van der Waals surface area contributed by atoms with Crippen molar-refractivity contribution in [3.63, 3.8) is 0 Å². The van der Waals surface area contributed by atoms with E-state index in [1.54, 1.807) is 17.0 Å². The highest BCUT2D eigenvalue weighted by Gasteiger charge is 2.60. The van der Waals surface area contributed by atoms with Crippen molar-refractivity contribution in [1.82, 2.24) is 4.90 Å². The van der Waals surface area contributed by atoms with E-state index in [0.29, 0.717) is 5.56 Å². The fourth-order valence-corrected chi connectivity index (χ4v) is 8.32. The van der Waals surface area contributed by atoms with Gasteiger partial charge in [0.2, 0.25) is 15.9 Å². The lowest BCUT2D eigenvalue weighted by Crippen LogP contribution is -2.61. The van der Waals surface area contributed by atoms with E-state index in [4.69, 9.17) is 0 Å². The number of nitrogens with zero attached hydrogens (tertiary/aromatic N) is 2. The Labute approximate surface area is 219 Å². The Morgan fingerprint density at radius 2 is 1.89 bits per heavy atom. The predicted molar refractivity (Wildman–Crippen MR) is 137 cm³/mol. The number of anilines is 2. The summed E-state index contributed by atoms with van der Waals surface area (Å²) < 4.78 is 69.4. The van der Waals surface area contributed by atoms with Gasteiger partial charge in [-0.1, -0.05) is 12.1 Å². The topological polar surface area (TPSA) is 142 Å². The zero-order chi connectivity index (χ0) is 27.0. The van der Waals surface area contributed by atoms with Crippen LogP contribution in [0.15, 0.2) is 51.8 Å². The fourth-order valence-electron chi connectivity index (χ4n) is 6.58. The molecule has 2 aromatic rings. The van der Waals surface area contributed by atoms with Crippen LogP contribution < -0.4 is 10.0 Å². The Morgan fingerprint density at radius 1 is 1.13 bits per heavy atom. The van der Waals surface area contributed by atoms with Crippen LogP contribution in [0.1, 0.15) is 24.8 Å². The summed E-state index contributed by atoms with van der Waals surface area (Å²) in [6.45, 7) is 0.0991. The first-order valence-electron chi connectivity index (χ1n) is 12.2. The number of carbonyl (C=O) groups excluding carboxylic acids is 2. The number of ketones is 1. The molecule has 13 heteroatoms. The van der Waals surface area contributed by atoms with Crippen LogP contribution >= 0.6 is 0 Å². The van der Waals surface area contributed by atoms with E-state index < -0.39 is 43.6 Å². The number of sulfonamides is 2. The number of hydrogen-bond acceptors (Lipinski definition) is 7. The highest BCUT2D eigenvalue weighted by atomic mass is 32.2. The highest BCUT2D eigenvalue weighted by Crippen LogP contribution is 2.54. The first kappa shape index (κ1) is 25.0. The predicted octanol–water partition coefficient (Wildman–Crippen LogP) is 2.35. The van der Waals surface area contributed by atoms with E-state index in [-0.39, 0.29) is 52.3 Å². The Morgan fingerprint density at radius 3 is 2.63 bits per heavy atom. The number of amides is 1. The number of halogens is 1. The van der Waals surface area contributed by atoms with Gasteiger partial charge in [0.05, 0.1) is 11.9 Å². The Kier molecular flexibility index (Phi) is 5.65. The molecule has 200 valence electrons. The quantitative estimate of drug-likeness (QED) is 0.535. The highest BCUT2D eigenvalue weighted by molar-refractivity contribution is 7.92. The van der Waals surface area contributed by atoms with Gasteiger partial charge in [0.15, 0.2) is 11.7 Å². The van der Waals surface area contributed by atoms with Crippen LogP contribution in [0.5, 0.6) is 0 Å². The minimum atomic E-state index is -4.36. The van der Waals surface area contributed by atoms with Crippen LogP contribution in [-0.4, -0.2) is 51.6 Å². The van der Waals surface area contributed by atoms with Gasteiger partial charge in [-0.15, -0.1) is 4.40 Å². The van der Waals surface area contributed by atoms with Gasteiger partial charge in [-0.2, -0.15) is 8.42 Å². The second-order valence-corrected chi connectivity index (χ2v) is 13.8. The van der Waals surface area contributed by atoms with E-state index in [2.05, 4.69) is 14.4 Å². The number of Topliss-reactive ketones (excluding diaryl/α,β-unsaturated/α-hetero) is 1. The molecule has 2 bridgehead atoms. The number of nitrogens with one attached hydrogen (secondary N) is 2. The van der Waals surface area contributed by atoms with Gasteiger partial charge in [0.25, 0.3) is 10.0 Å². The molecule has 5 unspecified atom stereocenters. The summed E-state index contributed by atoms with van der Waals surface area (Å²) in [4.78, 5) is 29.0. The van der Waals surface area contributed by atoms with Crippen LogP contribution in [-0.2, 0) is 36.2 Å². The number of benzene rings is 2. The summed E-state index contributed by atoms with van der Waals surface area (Å²) in [5.41, 5.74) is 0.697. The Balaban J connectivity index is 1.38. The number of piperidine rings is 1. The van der Waals surface area contributed by atoms with Crippen LogP contribution in [0, 0.1) is 29.5 Å². The van der Waals surface area contributed by atoms with Gasteiger partial charge in [-0.3, -0.25) is 14.3 Å². The molecule has 2 aromatic carbocycles. The van der Waals surface area contributed by atoms with Gasteiger partial charge >= 0.3 is 0 Å². The van der Waals surface area contributed by atoms with Crippen molar-refractivity contribution in [3.05, 3.63) is 53.8 Å². The molecule has 0 aromatic heterocycles. The summed E-state index contributed by atoms with van der Waals surface area (Å²) in [6, 6.07) is 9.48. The summed E-state index contributed by atoms with van der Waals surface area (Å²) in [5.74, 6) is -3.24. The van der Waals surface area contributed by atoms with E-state index in [0.717, 1.165) is 31.6 Å². The van der Waals surface area contributed by atoms with E-state index >= 15 is 0 Å². The number of fused-ring (bicyclic) bond motifs is 6. The van der Waals surface area contributed by atoms with Gasteiger partial charge < -0.3 is 10.2 Å². The maximum absolute atomic E-state index is 13.9. The number of likely N-dealkylation sites (tertiary alicyclic amines) is 1. The molecule has 3 fully saturated rings. The van der Waals surface area contributed by atoms with Crippen LogP contribution in [0.3, 0.4) is 0 Å². The normalized spacial score (nSPS) is 29.4. The van der Waals surface area contributed by atoms with Crippen molar-refractivity contribution >= 4 is 48.9 Å². The van der Waals surface area contributed by atoms with Gasteiger partial charge in [-0.05, 0) is 67.0 Å². The molecule has 1 amide bonds. The molecule has 2 aliphatic carbocycles. The van der Waals surface area contributed by atoms with E-state index in [1.165, 1.54) is 24.3 Å². The van der Waals surface area contributed by atoms with Crippen molar-refractivity contribution in [2.75, 3.05) is 16.3 Å². The van der Waals surface area contributed by atoms with Crippen LogP contribution in [0.25, 0.3) is 0 Å². The second-order valence-electron chi connectivity index (χ2n) is 10.4. The van der Waals surface area contributed by atoms with Crippen molar-refractivity contribution in [3.8, 4) is 0 Å². The molecule has 0 spiro atoms. The summed E-state index contributed by atoms with van der Waals surface area (Å²) in [7, 11) is -8.01. The molecule has 10 nitrogen and oxygen atoms in total. The third-order valence-electron chi connectivity index (χ3n) is 7.93. The molecular weight excluding hydrogens is 535 g/mol. The first-order valence-corrected chi connectivity index (χ1v) is 15.6. The van der Waals surface area contributed by atoms with Gasteiger partial charge in [0, 0.05) is 24.2 Å². The summed E-state index contributed by atoms with van der Waals surface area (Å²) in [5, 5.41) is 2.86. The molecule has 2 saturated carbocycles. The average molecular weight is 561 g/mol. The van der Waals surface area contributed by atoms with Crippen LogP contribution in [0.4, 0.5) is 15.8 Å². The Hall–Kier alpha value is -3.32. The smallest absolute Gasteiger partial charge is 0.286 e. The Bertz CT molecular complexity index is 1620. The number of amidine groups is 1. The minimum Gasteiger partial charge on any atom is -0.341 e. The van der Waals surface area contributed by atoms with Crippen molar-refractivity contribution in [2.24, 2.45) is 28.1 Å². The number of hydrogen-bond donors (Lipinski definition) is 2. The molecule has 4 aliphatic rings. The lowest BCUT2D eigenvalue weighted by atomic mass is 9.73. The van der Waals surface area contributed by atoms with Gasteiger partial charge in [-0.25, -0.2) is 12.8 Å². The fraction of sp³-hybridized carbons (Fsp3) is 0.400. The van der Waals surface area contributed by atoms with E-state index in [1.807, 2.05) is 0 Å². The zero-order valence-electron chi connectivity index (χ0n) is 20.3. The molecule has 5 atom stereocenters. The molecular formula is C25H25FN4O6S2. The SMILES string of the molecule is CS(=O)(=O)Nc1ccc2c(c1)S(=O)(=O)N=C(C1C(=O)C3C4CCC(C4)C3N(Cc3cccc(F)c3)C1=O)N2. The number of carbonyl (C=O) groups is 2. The molecule has 2 aliphatic heterocycles. The largest absolute Gasteiger partial charge is 0.341 e. The lowest BCUT2D eigenvalue weighted by molar-refractivity contribution is -0.153. The summed E-state index contributed by atoms with van der Waals surface area (Å²) in [6.07, 6.45) is 3.52. The van der Waals surface area contributed by atoms with Crippen molar-refractivity contribution in [1.29, 1.82) is 0 Å². The summed E-state index contributed by atoms with van der Waals surface area (Å²) >= 11 is 0. The van der Waals surface area contributed by atoms with Crippen molar-refractivity contribution in [2.45, 2.75) is 36.7 Å². The lowest BCUT2D eigenvalue weighted by Gasteiger charge is -2.45. The molecule has 2 N–H and O–H groups in total. The molecule has 1 saturated heterocycles. The number of rotatable bonds is 5. The second kappa shape index (κ2) is 8.60. The average Bonchev–Trinajstić information content (AvgIpc) is 3.43. The first-order chi connectivity index (χ1) is 17.9. The third kappa shape index (κ3) is 4.17. The minimum absolute atomic E-state index is 0.0335. The monoisotopic (exact) mass is 560 g/mol. The van der Waals surface area contributed by atoms with Crippen molar-refractivity contribution < 1.29 is 30.8 Å². The molecule has 0 radical (unpaired) electrons. The maximum atomic E-state index is 13.9.